The number of unbranched alkanes of at least 4 members (excludes halogenated alkanes) is 3. The summed E-state index contributed by atoms with van der Waals surface area (Å²) in [5.41, 5.74) is 5.88. The lowest BCUT2D eigenvalue weighted by molar-refractivity contribution is 0.0479. The first-order valence-corrected chi connectivity index (χ1v) is 6.57. The fourth-order valence-corrected chi connectivity index (χ4v) is 1.68. The van der Waals surface area contributed by atoms with Crippen molar-refractivity contribution in [2.75, 3.05) is 6.61 Å². The molecule has 15 heavy (non-hydrogen) atoms. The van der Waals surface area contributed by atoms with E-state index >= 15 is 0 Å². The average Bonchev–Trinajstić information content (AvgIpc) is 2.22. The predicted molar refractivity (Wildman–Crippen MR) is 67.1 cm³/mol. The fraction of sp³-hybridized carbons (Fsp3) is 1.00. The van der Waals surface area contributed by atoms with E-state index in [4.69, 9.17) is 10.5 Å². The number of nitrogens with two attached hydrogens (primary N) is 1. The summed E-state index contributed by atoms with van der Waals surface area (Å²) < 4.78 is 5.71. The molecule has 0 saturated heterocycles. The molecule has 0 fully saturated rings. The number of hydrogen-bond acceptors (Lipinski definition) is 2. The van der Waals surface area contributed by atoms with E-state index < -0.39 is 0 Å². The van der Waals surface area contributed by atoms with Gasteiger partial charge in [0.1, 0.15) is 0 Å². The van der Waals surface area contributed by atoms with Gasteiger partial charge >= 0.3 is 0 Å². The van der Waals surface area contributed by atoms with Gasteiger partial charge in [-0.25, -0.2) is 0 Å². The Morgan fingerprint density at radius 3 is 2.33 bits per heavy atom. The van der Waals surface area contributed by atoms with Crippen LogP contribution in [0.5, 0.6) is 0 Å². The van der Waals surface area contributed by atoms with Crippen molar-refractivity contribution in [2.24, 2.45) is 5.73 Å². The van der Waals surface area contributed by atoms with Gasteiger partial charge in [0.25, 0.3) is 0 Å². The highest BCUT2D eigenvalue weighted by Gasteiger charge is 2.05. The van der Waals surface area contributed by atoms with E-state index in [1.54, 1.807) is 0 Å². The van der Waals surface area contributed by atoms with E-state index in [0.29, 0.717) is 6.10 Å². The first-order chi connectivity index (χ1) is 7.20. The molecule has 0 radical (unpaired) electrons. The topological polar surface area (TPSA) is 35.2 Å². The highest BCUT2D eigenvalue weighted by atomic mass is 16.5. The Balaban J connectivity index is 3.28. The van der Waals surface area contributed by atoms with Gasteiger partial charge in [0, 0.05) is 6.04 Å². The van der Waals surface area contributed by atoms with E-state index in [0.717, 1.165) is 19.4 Å². The molecule has 0 aromatic heterocycles. The molecule has 0 bridgehead atoms. The molecule has 0 heterocycles. The minimum Gasteiger partial charge on any atom is -0.377 e. The van der Waals surface area contributed by atoms with Crippen LogP contribution in [-0.4, -0.2) is 18.8 Å². The van der Waals surface area contributed by atoms with Gasteiger partial charge in [0.15, 0.2) is 0 Å². The minimum absolute atomic E-state index is 0.230. The Labute approximate surface area is 95.6 Å². The molecule has 0 rings (SSSR count). The van der Waals surface area contributed by atoms with Crippen LogP contribution >= 0.6 is 0 Å². The van der Waals surface area contributed by atoms with Crippen molar-refractivity contribution < 1.29 is 4.74 Å². The fourth-order valence-electron chi connectivity index (χ4n) is 1.68. The van der Waals surface area contributed by atoms with Crippen molar-refractivity contribution in [3.8, 4) is 0 Å². The monoisotopic (exact) mass is 215 g/mol. The maximum Gasteiger partial charge on any atom is 0.0621 e. The van der Waals surface area contributed by atoms with Crippen LogP contribution in [0.1, 0.15) is 65.7 Å². The molecule has 0 amide bonds. The third kappa shape index (κ3) is 10.2. The predicted octanol–water partition coefficient (Wildman–Crippen LogP) is 3.49. The van der Waals surface area contributed by atoms with Gasteiger partial charge in [-0.1, -0.05) is 46.0 Å². The second-order valence-electron chi connectivity index (χ2n) is 4.54. The van der Waals surface area contributed by atoms with Crippen molar-refractivity contribution in [3.05, 3.63) is 0 Å². The lowest BCUT2D eigenvalue weighted by Gasteiger charge is -2.16. The molecule has 2 heteroatoms. The van der Waals surface area contributed by atoms with E-state index in [1.165, 1.54) is 32.1 Å². The SMILES string of the molecule is CCCCCCC(C)OCC(N)CCC. The Morgan fingerprint density at radius 1 is 1.00 bits per heavy atom. The van der Waals surface area contributed by atoms with Gasteiger partial charge in [-0.15, -0.1) is 0 Å². The third-order valence-electron chi connectivity index (χ3n) is 2.72. The highest BCUT2D eigenvalue weighted by molar-refractivity contribution is 4.60. The van der Waals surface area contributed by atoms with Crippen LogP contribution in [0.15, 0.2) is 0 Å². The van der Waals surface area contributed by atoms with Crippen LogP contribution in [0, 0.1) is 0 Å². The number of ether oxygens (including phenoxy) is 1. The lowest BCUT2D eigenvalue weighted by atomic mass is 10.1. The molecular formula is C13H29NO. The maximum absolute atomic E-state index is 5.88. The van der Waals surface area contributed by atoms with Crippen molar-refractivity contribution >= 4 is 0 Å². The second-order valence-corrected chi connectivity index (χ2v) is 4.54. The third-order valence-corrected chi connectivity index (χ3v) is 2.72. The summed E-state index contributed by atoms with van der Waals surface area (Å²) in [5.74, 6) is 0. The smallest absolute Gasteiger partial charge is 0.0621 e. The normalized spacial score (nSPS) is 15.2. The van der Waals surface area contributed by atoms with Gasteiger partial charge in [-0.3, -0.25) is 0 Å². The molecule has 0 aliphatic carbocycles. The van der Waals surface area contributed by atoms with Gasteiger partial charge < -0.3 is 10.5 Å². The number of hydrogen-bond donors (Lipinski definition) is 1. The lowest BCUT2D eigenvalue weighted by Crippen LogP contribution is -2.28. The first-order valence-electron chi connectivity index (χ1n) is 6.57. The summed E-state index contributed by atoms with van der Waals surface area (Å²) in [6.45, 7) is 7.28. The molecule has 0 aliphatic heterocycles. The summed E-state index contributed by atoms with van der Waals surface area (Å²) in [6, 6.07) is 0.230. The summed E-state index contributed by atoms with van der Waals surface area (Å²) in [6.07, 6.45) is 9.06. The first kappa shape index (κ1) is 14.9. The van der Waals surface area contributed by atoms with E-state index in [2.05, 4.69) is 20.8 Å². The van der Waals surface area contributed by atoms with Crippen LogP contribution < -0.4 is 5.73 Å². The van der Waals surface area contributed by atoms with E-state index in [1.807, 2.05) is 0 Å². The molecule has 2 atom stereocenters. The number of rotatable bonds is 10. The Morgan fingerprint density at radius 2 is 1.73 bits per heavy atom. The Kier molecular flexibility index (Phi) is 10.4. The zero-order valence-electron chi connectivity index (χ0n) is 10.8. The molecule has 0 saturated carbocycles. The molecule has 0 aliphatic rings. The summed E-state index contributed by atoms with van der Waals surface area (Å²) in [4.78, 5) is 0. The molecule has 0 aromatic rings. The van der Waals surface area contributed by atoms with Crippen LogP contribution in [-0.2, 0) is 4.74 Å². The van der Waals surface area contributed by atoms with Crippen LogP contribution in [0.3, 0.4) is 0 Å². The van der Waals surface area contributed by atoms with Crippen molar-refractivity contribution in [3.63, 3.8) is 0 Å². The Bertz CT molecular complexity index is 128. The van der Waals surface area contributed by atoms with Crippen LogP contribution in [0.25, 0.3) is 0 Å². The van der Waals surface area contributed by atoms with Crippen molar-refractivity contribution in [2.45, 2.75) is 77.9 Å². The molecule has 2 N–H and O–H groups in total. The minimum atomic E-state index is 0.230. The van der Waals surface area contributed by atoms with Crippen molar-refractivity contribution in [1.82, 2.24) is 0 Å². The molecule has 2 nitrogen and oxygen atoms in total. The van der Waals surface area contributed by atoms with E-state index in [-0.39, 0.29) is 6.04 Å². The zero-order valence-corrected chi connectivity index (χ0v) is 10.8. The maximum atomic E-state index is 5.88. The summed E-state index contributed by atoms with van der Waals surface area (Å²) >= 11 is 0. The molecule has 0 aromatic carbocycles. The summed E-state index contributed by atoms with van der Waals surface area (Å²) in [5, 5.41) is 0. The van der Waals surface area contributed by atoms with Gasteiger partial charge in [-0.2, -0.15) is 0 Å². The van der Waals surface area contributed by atoms with Crippen LogP contribution in [0.4, 0.5) is 0 Å². The second kappa shape index (κ2) is 10.4. The molecule has 0 spiro atoms. The van der Waals surface area contributed by atoms with Gasteiger partial charge in [0.2, 0.25) is 0 Å². The summed E-state index contributed by atoms with van der Waals surface area (Å²) in [7, 11) is 0. The standard InChI is InChI=1S/C13H29NO/c1-4-6-7-8-10-12(3)15-11-13(14)9-5-2/h12-13H,4-11,14H2,1-3H3. The van der Waals surface area contributed by atoms with E-state index in [9.17, 15) is 0 Å². The van der Waals surface area contributed by atoms with Crippen molar-refractivity contribution in [1.29, 1.82) is 0 Å². The zero-order chi connectivity index (χ0) is 11.5. The van der Waals surface area contributed by atoms with Gasteiger partial charge in [-0.05, 0) is 19.8 Å². The highest BCUT2D eigenvalue weighted by Crippen LogP contribution is 2.08. The molecular weight excluding hydrogens is 186 g/mol. The average molecular weight is 215 g/mol. The molecule has 2 unspecified atom stereocenters. The van der Waals surface area contributed by atoms with Gasteiger partial charge in [0.05, 0.1) is 12.7 Å². The molecule has 92 valence electrons. The van der Waals surface area contributed by atoms with Crippen LogP contribution in [0.2, 0.25) is 0 Å². The quantitative estimate of drug-likeness (QED) is 0.566. The largest absolute Gasteiger partial charge is 0.377 e. The Hall–Kier alpha value is -0.0800.